The maximum Gasteiger partial charge on any atom is 2.00 e. The molecule has 81 heavy (non-hydrogen) atoms. The minimum absolute atomic E-state index is 0. The van der Waals surface area contributed by atoms with Crippen LogP contribution in [0.15, 0.2) is 234 Å². The molecule has 10 heterocycles. The van der Waals surface area contributed by atoms with Gasteiger partial charge in [-0.1, -0.05) is 194 Å². The Kier molecular flexibility index (Phi) is 10.6. The molecule has 6 N–H and O–H groups in total. The molecule has 4 aliphatic heterocycles. The van der Waals surface area contributed by atoms with Gasteiger partial charge in [-0.15, -0.1) is 0 Å². The molecule has 14 aromatic rings. The topological polar surface area (TPSA) is 222 Å². The first-order valence-corrected chi connectivity index (χ1v) is 26.1. The van der Waals surface area contributed by atoms with Crippen molar-refractivity contribution in [2.24, 2.45) is 39.9 Å². The Morgan fingerprint density at radius 3 is 0.728 bits per heavy atom. The molecule has 0 atom stereocenters. The molecule has 0 aliphatic carbocycles. The van der Waals surface area contributed by atoms with Crippen molar-refractivity contribution in [2.45, 2.75) is 0 Å². The van der Waals surface area contributed by atoms with E-state index in [2.05, 4.69) is 78.4 Å². The van der Waals surface area contributed by atoms with Crippen molar-refractivity contribution in [3.05, 3.63) is 249 Å². The molecule has 18 rings (SSSR count). The molecule has 8 aromatic carbocycles. The molecule has 16 nitrogen and oxygen atoms in total. The van der Waals surface area contributed by atoms with Gasteiger partial charge in [-0.05, 0) is 21.5 Å². The zero-order valence-electron chi connectivity index (χ0n) is 42.2. The van der Waals surface area contributed by atoms with Gasteiger partial charge < -0.3 is 40.5 Å². The number of aliphatic imine (C=N–C) groups is 4. The number of amidine groups is 4. The van der Waals surface area contributed by atoms with Gasteiger partial charge in [0.15, 0.2) is 23.3 Å². The largest absolute Gasteiger partial charge is 2.00 e. The SMILES string of the molecule is [Lu+2].c1ccc2c(c1)C1=NC2=Nc2[nH]c(c3ccccc23)[N-]c2[nH]c(c3ccccc23)/N=c2\[nH]c(c3ccccc23)=N1.c1ccc2c(c1)C1=NC2=Nc2[nH]c(c3ccccc23)[N-]c2[nH]c(c3ccccc23)/N=c2\[nH]c(c3ccccc23)=N1. The van der Waals surface area contributed by atoms with Gasteiger partial charge in [0.1, 0.15) is 22.0 Å². The maximum atomic E-state index is 5.07. The van der Waals surface area contributed by atoms with E-state index in [9.17, 15) is 0 Å². The van der Waals surface area contributed by atoms with Gasteiger partial charge in [0.2, 0.25) is 0 Å². The molecule has 0 amide bonds. The van der Waals surface area contributed by atoms with E-state index in [1.807, 2.05) is 146 Å². The first kappa shape index (κ1) is 46.8. The number of benzene rings is 8. The number of rotatable bonds is 0. The van der Waals surface area contributed by atoms with E-state index in [0.29, 0.717) is 68.6 Å². The van der Waals surface area contributed by atoms with Gasteiger partial charge in [-0.25, -0.2) is 39.9 Å². The van der Waals surface area contributed by atoms with Gasteiger partial charge in [0, 0.05) is 88.6 Å². The third-order valence-corrected chi connectivity index (χ3v) is 15.1. The van der Waals surface area contributed by atoms with E-state index in [4.69, 9.17) is 50.6 Å². The third kappa shape index (κ3) is 7.55. The fraction of sp³-hybridized carbons (Fsp3) is 0. The normalized spacial score (nSPS) is 14.6. The Balaban J connectivity index is 0.000000132. The predicted octanol–water partition coefficient (Wildman–Crippen LogP) is 13.8. The predicted molar refractivity (Wildman–Crippen MR) is 317 cm³/mol. The van der Waals surface area contributed by atoms with Crippen LogP contribution in [0.2, 0.25) is 0 Å². The van der Waals surface area contributed by atoms with E-state index < -0.39 is 0 Å². The molecule has 17 heteroatoms. The maximum absolute atomic E-state index is 5.07. The minimum atomic E-state index is 0. The zero-order valence-corrected chi connectivity index (χ0v) is 43.9. The molecular weight excluding hydrogens is 1170 g/mol. The van der Waals surface area contributed by atoms with Gasteiger partial charge in [0.25, 0.3) is 0 Å². The summed E-state index contributed by atoms with van der Waals surface area (Å²) < 4.78 is 0. The molecule has 389 valence electrons. The summed E-state index contributed by atoms with van der Waals surface area (Å²) in [4.78, 5) is 60.9. The summed E-state index contributed by atoms with van der Waals surface area (Å²) in [6.45, 7) is 0. The van der Waals surface area contributed by atoms with E-state index in [-0.39, 0.29) is 36.9 Å². The summed E-state index contributed by atoms with van der Waals surface area (Å²) in [5, 5.41) is 21.8. The van der Waals surface area contributed by atoms with Crippen LogP contribution in [0.3, 0.4) is 0 Å². The average molecular weight is 1210 g/mol. The number of nitrogens with one attached hydrogen (secondary N) is 6. The number of aromatic amines is 6. The Hall–Kier alpha value is -10.3. The van der Waals surface area contributed by atoms with Gasteiger partial charge in [-0.3, -0.25) is 0 Å². The van der Waals surface area contributed by atoms with E-state index in [0.717, 1.165) is 110 Å². The first-order valence-electron chi connectivity index (χ1n) is 26.1. The van der Waals surface area contributed by atoms with Crippen molar-refractivity contribution in [2.75, 3.05) is 0 Å². The van der Waals surface area contributed by atoms with Crippen LogP contribution >= 0.6 is 0 Å². The van der Waals surface area contributed by atoms with Crippen LogP contribution in [0.5, 0.6) is 0 Å². The summed E-state index contributed by atoms with van der Waals surface area (Å²) in [5.41, 5.74) is 6.56. The van der Waals surface area contributed by atoms with E-state index in [1.165, 1.54) is 0 Å². The first-order chi connectivity index (χ1) is 39.6. The van der Waals surface area contributed by atoms with Crippen LogP contribution in [0, 0.1) is 36.9 Å². The molecule has 16 bridgehead atoms. The van der Waals surface area contributed by atoms with Crippen molar-refractivity contribution in [1.82, 2.24) is 29.9 Å². The second kappa shape index (κ2) is 18.4. The summed E-state index contributed by atoms with van der Waals surface area (Å²) in [6.07, 6.45) is 0. The Bertz CT molecular complexity index is 5070. The number of fused-ring (bicyclic) bond motifs is 38. The quantitative estimate of drug-likeness (QED) is 0.0834. The average Bonchev–Trinajstić information content (AvgIpc) is 4.61. The zero-order chi connectivity index (χ0) is 52.4. The Morgan fingerprint density at radius 2 is 0.432 bits per heavy atom. The Morgan fingerprint density at radius 1 is 0.210 bits per heavy atom. The summed E-state index contributed by atoms with van der Waals surface area (Å²) in [5.74, 6) is 8.14. The van der Waals surface area contributed by atoms with E-state index in [1.54, 1.807) is 0 Å². The van der Waals surface area contributed by atoms with Crippen molar-refractivity contribution in [1.29, 1.82) is 0 Å². The van der Waals surface area contributed by atoms with Gasteiger partial charge in [0.05, 0.1) is 23.3 Å². The van der Waals surface area contributed by atoms with Crippen molar-refractivity contribution < 1.29 is 36.9 Å². The fourth-order valence-corrected chi connectivity index (χ4v) is 11.3. The second-order valence-electron chi connectivity index (χ2n) is 19.7. The standard InChI is InChI=1S/2C32H19N8.Lu/c2*1-2-10-18-17(9-1)25-33-26(18)38-28-21-13-5-6-14-22(21)30(35-28)40-32-24-16-8-7-15-23(24)31(36-32)39-29-20-12-4-3-11-19(20)27(34-29)37-25;/h2*1-16,33-34H,(H,35,36,38,39,40);/q2*-1;+2. The number of hydrogen-bond donors (Lipinski definition) is 6. The number of H-pyrrole nitrogens is 6. The summed E-state index contributed by atoms with van der Waals surface area (Å²) >= 11 is 0. The fourth-order valence-electron chi connectivity index (χ4n) is 11.3. The molecule has 6 aromatic heterocycles. The van der Waals surface area contributed by atoms with Gasteiger partial charge >= 0.3 is 36.9 Å². The molecule has 4 aliphatic rings. The molecule has 0 spiro atoms. The van der Waals surface area contributed by atoms with Crippen LogP contribution in [0.1, 0.15) is 22.3 Å². The molecular formula is C64H38LuN16. The van der Waals surface area contributed by atoms with Crippen LogP contribution in [-0.2, 0) is 0 Å². The number of nitrogens with zero attached hydrogens (tertiary/aromatic N) is 10. The summed E-state index contributed by atoms with van der Waals surface area (Å²) in [7, 11) is 0. The Labute approximate surface area is 486 Å². The minimum Gasteiger partial charge on any atom is -0.398 e. The van der Waals surface area contributed by atoms with Crippen LogP contribution in [0.4, 0.5) is 46.5 Å². The van der Waals surface area contributed by atoms with Crippen LogP contribution in [0.25, 0.3) is 75.3 Å². The van der Waals surface area contributed by atoms with Crippen LogP contribution < -0.4 is 22.0 Å². The van der Waals surface area contributed by atoms with Crippen LogP contribution in [-0.4, -0.2) is 53.2 Å². The third-order valence-electron chi connectivity index (χ3n) is 15.1. The van der Waals surface area contributed by atoms with Gasteiger partial charge in [-0.2, -0.15) is 0 Å². The molecule has 0 saturated carbocycles. The molecule has 0 fully saturated rings. The monoisotopic (exact) mass is 1210 g/mol. The molecule has 0 unspecified atom stereocenters. The van der Waals surface area contributed by atoms with E-state index >= 15 is 0 Å². The number of aromatic nitrogens is 6. The second-order valence-corrected chi connectivity index (χ2v) is 19.7. The smallest absolute Gasteiger partial charge is 0.398 e. The van der Waals surface area contributed by atoms with Crippen molar-refractivity contribution in [3.8, 4) is 0 Å². The van der Waals surface area contributed by atoms with Crippen molar-refractivity contribution in [3.63, 3.8) is 0 Å². The summed E-state index contributed by atoms with van der Waals surface area (Å²) in [6, 6.07) is 64.9. The molecule has 1 radical (unpaired) electrons. The molecule has 0 saturated heterocycles. The van der Waals surface area contributed by atoms with Crippen molar-refractivity contribution >= 4 is 135 Å². The number of hydrogen-bond acceptors (Lipinski definition) is 8.